The first-order valence-electron chi connectivity index (χ1n) is 7.47. The van der Waals surface area contributed by atoms with Crippen molar-refractivity contribution in [2.75, 3.05) is 32.8 Å². The minimum Gasteiger partial charge on any atom is -0.489 e. The second kappa shape index (κ2) is 7.98. The van der Waals surface area contributed by atoms with E-state index in [1.165, 1.54) is 6.07 Å². The summed E-state index contributed by atoms with van der Waals surface area (Å²) in [4.78, 5) is 13.9. The zero-order valence-corrected chi connectivity index (χ0v) is 12.4. The van der Waals surface area contributed by atoms with E-state index in [2.05, 4.69) is 4.90 Å². The second-order valence-corrected chi connectivity index (χ2v) is 5.15. The fourth-order valence-corrected chi connectivity index (χ4v) is 2.50. The first-order valence-corrected chi connectivity index (χ1v) is 7.47. The molecule has 1 aliphatic rings. The molecule has 0 amide bonds. The van der Waals surface area contributed by atoms with Crippen LogP contribution in [0.25, 0.3) is 0 Å². The van der Waals surface area contributed by atoms with Gasteiger partial charge in [0.1, 0.15) is 6.61 Å². The quantitative estimate of drug-likeness (QED) is 0.756. The van der Waals surface area contributed by atoms with Crippen LogP contribution in [0.3, 0.4) is 0 Å². The van der Waals surface area contributed by atoms with Crippen LogP contribution in [0.4, 0.5) is 4.39 Å². The average Bonchev–Trinajstić information content (AvgIpc) is 2.50. The van der Waals surface area contributed by atoms with E-state index in [9.17, 15) is 9.18 Å². The summed E-state index contributed by atoms with van der Waals surface area (Å²) in [5, 5.41) is 0. The minimum atomic E-state index is -0.335. The highest BCUT2D eigenvalue weighted by Gasteiger charge is 2.25. The molecule has 5 heteroatoms. The van der Waals surface area contributed by atoms with E-state index in [4.69, 9.17) is 9.47 Å². The first kappa shape index (κ1) is 15.8. The van der Waals surface area contributed by atoms with E-state index in [0.717, 1.165) is 32.5 Å². The lowest BCUT2D eigenvalue weighted by Crippen LogP contribution is -2.39. The number of carbonyl (C=O) groups is 1. The number of rotatable bonds is 6. The predicted molar refractivity (Wildman–Crippen MR) is 77.7 cm³/mol. The lowest BCUT2D eigenvalue weighted by Gasteiger charge is -2.30. The van der Waals surface area contributed by atoms with Crippen LogP contribution in [0.15, 0.2) is 24.3 Å². The summed E-state index contributed by atoms with van der Waals surface area (Å²) in [6.07, 6.45) is 1.64. The zero-order chi connectivity index (χ0) is 15.1. The Labute approximate surface area is 124 Å². The maximum absolute atomic E-state index is 13.4. The predicted octanol–water partition coefficient (Wildman–Crippen LogP) is 2.48. The molecule has 0 radical (unpaired) electrons. The van der Waals surface area contributed by atoms with Gasteiger partial charge in [0, 0.05) is 6.54 Å². The Bertz CT molecular complexity index is 459. The molecule has 0 aromatic heterocycles. The summed E-state index contributed by atoms with van der Waals surface area (Å²) in [7, 11) is 0. The Morgan fingerprint density at radius 3 is 2.71 bits per heavy atom. The third kappa shape index (κ3) is 4.70. The van der Waals surface area contributed by atoms with Gasteiger partial charge in [0.2, 0.25) is 0 Å². The van der Waals surface area contributed by atoms with Gasteiger partial charge in [-0.25, -0.2) is 4.39 Å². The molecule has 1 saturated heterocycles. The number of benzene rings is 1. The summed E-state index contributed by atoms with van der Waals surface area (Å²) in [5.41, 5.74) is 0. The molecule has 1 aliphatic heterocycles. The van der Waals surface area contributed by atoms with Crippen LogP contribution >= 0.6 is 0 Å². The van der Waals surface area contributed by atoms with E-state index in [1.807, 2.05) is 6.92 Å². The van der Waals surface area contributed by atoms with E-state index in [0.29, 0.717) is 19.0 Å². The maximum Gasteiger partial charge on any atom is 0.309 e. The van der Waals surface area contributed by atoms with Gasteiger partial charge < -0.3 is 9.47 Å². The van der Waals surface area contributed by atoms with E-state index in [-0.39, 0.29) is 17.7 Å². The van der Waals surface area contributed by atoms with Gasteiger partial charge in [-0.05, 0) is 45.0 Å². The molecule has 0 bridgehead atoms. The van der Waals surface area contributed by atoms with Crippen molar-refractivity contribution in [3.63, 3.8) is 0 Å². The monoisotopic (exact) mass is 295 g/mol. The number of para-hydroxylation sites is 1. The van der Waals surface area contributed by atoms with Crippen molar-refractivity contribution in [2.45, 2.75) is 19.8 Å². The van der Waals surface area contributed by atoms with Crippen LogP contribution in [0, 0.1) is 11.7 Å². The van der Waals surface area contributed by atoms with Gasteiger partial charge in [-0.3, -0.25) is 9.69 Å². The second-order valence-electron chi connectivity index (χ2n) is 5.15. The van der Waals surface area contributed by atoms with Gasteiger partial charge in [0.15, 0.2) is 11.6 Å². The van der Waals surface area contributed by atoms with Crippen LogP contribution in [0.5, 0.6) is 5.75 Å². The van der Waals surface area contributed by atoms with Crippen LogP contribution in [-0.4, -0.2) is 43.7 Å². The van der Waals surface area contributed by atoms with Gasteiger partial charge in [0.25, 0.3) is 0 Å². The van der Waals surface area contributed by atoms with Crippen molar-refractivity contribution >= 4 is 5.97 Å². The van der Waals surface area contributed by atoms with Crippen LogP contribution < -0.4 is 4.74 Å². The first-order chi connectivity index (χ1) is 10.2. The Kier molecular flexibility index (Phi) is 5.99. The Morgan fingerprint density at radius 1 is 1.33 bits per heavy atom. The van der Waals surface area contributed by atoms with Crippen molar-refractivity contribution in [1.82, 2.24) is 4.90 Å². The number of ether oxygens (including phenoxy) is 2. The Balaban J connectivity index is 1.67. The molecule has 2 rings (SSSR count). The third-order valence-electron chi connectivity index (χ3n) is 3.71. The highest BCUT2D eigenvalue weighted by molar-refractivity contribution is 5.72. The third-order valence-corrected chi connectivity index (χ3v) is 3.71. The van der Waals surface area contributed by atoms with Gasteiger partial charge in [-0.1, -0.05) is 12.1 Å². The molecule has 116 valence electrons. The smallest absolute Gasteiger partial charge is 0.309 e. The summed E-state index contributed by atoms with van der Waals surface area (Å²) < 4.78 is 23.9. The molecular formula is C16H22FNO3. The molecule has 0 saturated carbocycles. The molecule has 0 atom stereocenters. The molecule has 0 aliphatic carbocycles. The van der Waals surface area contributed by atoms with Crippen LogP contribution in [0.2, 0.25) is 0 Å². The summed E-state index contributed by atoms with van der Waals surface area (Å²) in [6.45, 7) is 5.16. The van der Waals surface area contributed by atoms with E-state index >= 15 is 0 Å². The van der Waals surface area contributed by atoms with Gasteiger partial charge >= 0.3 is 5.97 Å². The number of esters is 1. The molecule has 1 aromatic carbocycles. The van der Waals surface area contributed by atoms with Crippen molar-refractivity contribution in [3.05, 3.63) is 30.1 Å². The highest BCUT2D eigenvalue weighted by Crippen LogP contribution is 2.19. The van der Waals surface area contributed by atoms with Gasteiger partial charge in [-0.15, -0.1) is 0 Å². The van der Waals surface area contributed by atoms with Gasteiger partial charge in [0.05, 0.1) is 12.5 Å². The van der Waals surface area contributed by atoms with Crippen molar-refractivity contribution in [2.24, 2.45) is 5.92 Å². The number of nitrogens with zero attached hydrogens (tertiary/aromatic N) is 1. The summed E-state index contributed by atoms with van der Waals surface area (Å²) >= 11 is 0. The number of carbonyl (C=O) groups excluding carboxylic acids is 1. The fourth-order valence-electron chi connectivity index (χ4n) is 2.50. The number of piperidine rings is 1. The van der Waals surface area contributed by atoms with E-state index < -0.39 is 0 Å². The van der Waals surface area contributed by atoms with Gasteiger partial charge in [-0.2, -0.15) is 0 Å². The number of hydrogen-bond donors (Lipinski definition) is 0. The van der Waals surface area contributed by atoms with Crippen molar-refractivity contribution in [3.8, 4) is 5.75 Å². The largest absolute Gasteiger partial charge is 0.489 e. The molecular weight excluding hydrogens is 273 g/mol. The summed E-state index contributed by atoms with van der Waals surface area (Å²) in [6, 6.07) is 6.41. The van der Waals surface area contributed by atoms with Crippen molar-refractivity contribution in [1.29, 1.82) is 0 Å². The number of likely N-dealkylation sites (tertiary alicyclic amines) is 1. The standard InChI is InChI=1S/C16H22FNO3/c1-2-20-16(19)13-7-9-18(10-8-13)11-12-21-15-6-4-3-5-14(15)17/h3-6,13H,2,7-12H2,1H3. The molecule has 21 heavy (non-hydrogen) atoms. The molecule has 0 spiro atoms. The fraction of sp³-hybridized carbons (Fsp3) is 0.562. The number of hydrogen-bond acceptors (Lipinski definition) is 4. The SMILES string of the molecule is CCOC(=O)C1CCN(CCOc2ccccc2F)CC1. The lowest BCUT2D eigenvalue weighted by atomic mass is 9.97. The topological polar surface area (TPSA) is 38.8 Å². The zero-order valence-electron chi connectivity index (χ0n) is 12.4. The molecule has 1 heterocycles. The lowest BCUT2D eigenvalue weighted by molar-refractivity contribution is -0.149. The van der Waals surface area contributed by atoms with Crippen molar-refractivity contribution < 1.29 is 18.7 Å². The molecule has 4 nitrogen and oxygen atoms in total. The summed E-state index contributed by atoms with van der Waals surface area (Å²) in [5.74, 6) is -0.106. The van der Waals surface area contributed by atoms with Crippen LogP contribution in [-0.2, 0) is 9.53 Å². The Hall–Kier alpha value is -1.62. The molecule has 1 fully saturated rings. The maximum atomic E-state index is 13.4. The average molecular weight is 295 g/mol. The Morgan fingerprint density at radius 2 is 2.05 bits per heavy atom. The highest BCUT2D eigenvalue weighted by atomic mass is 19.1. The normalized spacial score (nSPS) is 16.7. The number of halogens is 1. The van der Waals surface area contributed by atoms with Crippen LogP contribution in [0.1, 0.15) is 19.8 Å². The van der Waals surface area contributed by atoms with E-state index in [1.54, 1.807) is 18.2 Å². The molecule has 0 unspecified atom stereocenters. The molecule has 0 N–H and O–H groups in total. The molecule has 1 aromatic rings. The minimum absolute atomic E-state index is 0.0219.